The fourth-order valence-corrected chi connectivity index (χ4v) is 4.48. The first kappa shape index (κ1) is 31.1. The van der Waals surface area contributed by atoms with Crippen molar-refractivity contribution in [3.63, 3.8) is 0 Å². The highest BCUT2D eigenvalue weighted by molar-refractivity contribution is 5.96. The van der Waals surface area contributed by atoms with E-state index in [-0.39, 0.29) is 29.4 Å². The van der Waals surface area contributed by atoms with Crippen molar-refractivity contribution in [2.24, 2.45) is 5.73 Å². The lowest BCUT2D eigenvalue weighted by molar-refractivity contribution is -0.142. The first-order valence-electron chi connectivity index (χ1n) is 13.6. The zero-order valence-corrected chi connectivity index (χ0v) is 24.2. The highest BCUT2D eigenvalue weighted by Crippen LogP contribution is 2.38. The lowest BCUT2D eigenvalue weighted by Gasteiger charge is -2.26. The molecule has 0 spiro atoms. The molecule has 7 N–H and O–H groups in total. The molecule has 44 heavy (non-hydrogen) atoms. The number of amidine groups is 1. The Hall–Kier alpha value is -5.84. The standard InChI is InChI=1S/C33H33N5O6/c1-20(39)36-26-18-28(44-19-21-9-5-3-6-10-21)27(43-2)17-25(26)30(37-24-15-13-23(14-16-24)31(34)35)32(40)38-29(33(41)42)22-11-7-4-8-12-22/h3-18,29-30,37H,19H2,1-2H3,(H3,34,35)(H,36,39)(H,38,40)(H,41,42)/t29-,30+/m0/s1. The van der Waals surface area contributed by atoms with E-state index in [1.807, 2.05) is 30.3 Å². The van der Waals surface area contributed by atoms with Gasteiger partial charge in [-0.05, 0) is 41.5 Å². The third-order valence-corrected chi connectivity index (χ3v) is 6.63. The number of benzene rings is 4. The maximum Gasteiger partial charge on any atom is 0.330 e. The molecule has 0 aliphatic heterocycles. The molecule has 0 fully saturated rings. The number of ether oxygens (including phenoxy) is 2. The summed E-state index contributed by atoms with van der Waals surface area (Å²) in [7, 11) is 1.45. The molecule has 11 heteroatoms. The monoisotopic (exact) mass is 595 g/mol. The van der Waals surface area contributed by atoms with Gasteiger partial charge in [-0.1, -0.05) is 60.7 Å². The van der Waals surface area contributed by atoms with Crippen LogP contribution in [0.15, 0.2) is 97.1 Å². The minimum absolute atomic E-state index is 0.123. The van der Waals surface area contributed by atoms with E-state index < -0.39 is 29.9 Å². The Morgan fingerprint density at radius 2 is 1.52 bits per heavy atom. The predicted octanol–water partition coefficient (Wildman–Crippen LogP) is 4.61. The van der Waals surface area contributed by atoms with Gasteiger partial charge in [-0.3, -0.25) is 15.0 Å². The molecule has 2 atom stereocenters. The first-order chi connectivity index (χ1) is 21.2. The predicted molar refractivity (Wildman–Crippen MR) is 167 cm³/mol. The SMILES string of the molecule is COc1cc([C@@H](Nc2ccc(C(=N)N)cc2)C(=O)N[C@H](C(=O)O)c2ccccc2)c(NC(C)=O)cc1OCc1ccccc1. The zero-order valence-electron chi connectivity index (χ0n) is 24.2. The fourth-order valence-electron chi connectivity index (χ4n) is 4.48. The number of anilines is 2. The van der Waals surface area contributed by atoms with Gasteiger partial charge in [-0.2, -0.15) is 0 Å². The Morgan fingerprint density at radius 3 is 2.09 bits per heavy atom. The number of carboxylic acids is 1. The van der Waals surface area contributed by atoms with Gasteiger partial charge in [0.25, 0.3) is 0 Å². The van der Waals surface area contributed by atoms with Gasteiger partial charge in [0.15, 0.2) is 17.5 Å². The molecule has 2 amide bonds. The van der Waals surface area contributed by atoms with Gasteiger partial charge in [0.05, 0.1) is 12.8 Å². The molecule has 0 saturated carbocycles. The number of amides is 2. The molecular formula is C33H33N5O6. The molecule has 0 heterocycles. The van der Waals surface area contributed by atoms with E-state index >= 15 is 0 Å². The Morgan fingerprint density at radius 1 is 0.886 bits per heavy atom. The maximum absolute atomic E-state index is 14.0. The molecular weight excluding hydrogens is 562 g/mol. The van der Waals surface area contributed by atoms with Crippen LogP contribution in [0.3, 0.4) is 0 Å². The summed E-state index contributed by atoms with van der Waals surface area (Å²) < 4.78 is 11.6. The van der Waals surface area contributed by atoms with E-state index in [0.717, 1.165) is 5.56 Å². The van der Waals surface area contributed by atoms with Crippen LogP contribution in [0.2, 0.25) is 0 Å². The minimum Gasteiger partial charge on any atom is -0.493 e. The van der Waals surface area contributed by atoms with Crippen molar-refractivity contribution in [3.8, 4) is 11.5 Å². The number of carboxylic acid groups (broad SMARTS) is 1. The molecule has 11 nitrogen and oxygen atoms in total. The lowest BCUT2D eigenvalue weighted by Crippen LogP contribution is -2.39. The number of hydrogen-bond donors (Lipinski definition) is 6. The van der Waals surface area contributed by atoms with Gasteiger partial charge in [0.1, 0.15) is 18.5 Å². The van der Waals surface area contributed by atoms with E-state index in [4.69, 9.17) is 20.6 Å². The molecule has 0 unspecified atom stereocenters. The molecule has 0 bridgehead atoms. The number of nitrogens with two attached hydrogens (primary N) is 1. The zero-order chi connectivity index (χ0) is 31.6. The van der Waals surface area contributed by atoms with Crippen molar-refractivity contribution in [3.05, 3.63) is 119 Å². The lowest BCUT2D eigenvalue weighted by atomic mass is 10.00. The van der Waals surface area contributed by atoms with Crippen LogP contribution in [0.4, 0.5) is 11.4 Å². The summed E-state index contributed by atoms with van der Waals surface area (Å²) in [6.07, 6.45) is 0. The number of nitrogen functional groups attached to an aromatic ring is 1. The number of carbonyl (C=O) groups is 3. The van der Waals surface area contributed by atoms with E-state index in [9.17, 15) is 19.5 Å². The third kappa shape index (κ3) is 7.91. The van der Waals surface area contributed by atoms with Crippen LogP contribution in [0.1, 0.15) is 41.3 Å². The number of rotatable bonds is 13. The van der Waals surface area contributed by atoms with Crippen molar-refractivity contribution in [1.82, 2.24) is 5.32 Å². The van der Waals surface area contributed by atoms with Gasteiger partial charge in [-0.25, -0.2) is 4.79 Å². The summed E-state index contributed by atoms with van der Waals surface area (Å²) in [5.74, 6) is -1.86. The van der Waals surface area contributed by atoms with Crippen molar-refractivity contribution in [2.75, 3.05) is 17.7 Å². The third-order valence-electron chi connectivity index (χ3n) is 6.63. The summed E-state index contributed by atoms with van der Waals surface area (Å²) in [5, 5.41) is 26.2. The second kappa shape index (κ2) is 14.4. The largest absolute Gasteiger partial charge is 0.493 e. The second-order valence-electron chi connectivity index (χ2n) is 9.80. The Balaban J connectivity index is 1.78. The number of methoxy groups -OCH3 is 1. The van der Waals surface area contributed by atoms with Crippen LogP contribution in [-0.2, 0) is 21.0 Å². The average molecular weight is 596 g/mol. The van der Waals surface area contributed by atoms with Crippen LogP contribution in [0.5, 0.6) is 11.5 Å². The summed E-state index contributed by atoms with van der Waals surface area (Å²) >= 11 is 0. The molecule has 0 aliphatic carbocycles. The average Bonchev–Trinajstić information content (AvgIpc) is 3.02. The van der Waals surface area contributed by atoms with Crippen LogP contribution in [-0.4, -0.2) is 35.8 Å². The second-order valence-corrected chi connectivity index (χ2v) is 9.80. The van der Waals surface area contributed by atoms with Crippen LogP contribution in [0.25, 0.3) is 0 Å². The van der Waals surface area contributed by atoms with Crippen molar-refractivity contribution in [2.45, 2.75) is 25.6 Å². The van der Waals surface area contributed by atoms with Crippen molar-refractivity contribution < 1.29 is 29.0 Å². The van der Waals surface area contributed by atoms with Gasteiger partial charge in [0, 0.05) is 29.8 Å². The summed E-state index contributed by atoms with van der Waals surface area (Å²) in [6.45, 7) is 1.55. The number of nitrogens with one attached hydrogen (secondary N) is 4. The molecule has 0 aromatic heterocycles. The van der Waals surface area contributed by atoms with E-state index in [1.165, 1.54) is 14.0 Å². The highest BCUT2D eigenvalue weighted by Gasteiger charge is 2.30. The Kier molecular flexibility index (Phi) is 10.2. The summed E-state index contributed by atoms with van der Waals surface area (Å²) in [5.41, 5.74) is 8.37. The first-order valence-corrected chi connectivity index (χ1v) is 13.6. The van der Waals surface area contributed by atoms with Crippen molar-refractivity contribution >= 4 is 35.0 Å². The van der Waals surface area contributed by atoms with Gasteiger partial charge < -0.3 is 36.3 Å². The molecule has 0 saturated heterocycles. The molecule has 4 aromatic rings. The summed E-state index contributed by atoms with van der Waals surface area (Å²) in [6, 6.07) is 24.8. The molecule has 226 valence electrons. The van der Waals surface area contributed by atoms with E-state index in [2.05, 4.69) is 16.0 Å². The summed E-state index contributed by atoms with van der Waals surface area (Å²) in [4.78, 5) is 38.5. The number of hydrogen-bond acceptors (Lipinski definition) is 7. The van der Waals surface area contributed by atoms with Crippen LogP contribution in [0, 0.1) is 5.41 Å². The Labute approximate surface area is 254 Å². The fraction of sp³-hybridized carbons (Fsp3) is 0.152. The molecule has 0 radical (unpaired) electrons. The quantitative estimate of drug-likeness (QED) is 0.0959. The Bertz CT molecular complexity index is 1630. The molecule has 0 aliphatic rings. The highest BCUT2D eigenvalue weighted by atomic mass is 16.5. The van der Waals surface area contributed by atoms with E-state index in [1.54, 1.807) is 66.7 Å². The normalized spacial score (nSPS) is 11.9. The molecule has 4 rings (SSSR count). The minimum atomic E-state index is -1.35. The van der Waals surface area contributed by atoms with Gasteiger partial charge >= 0.3 is 5.97 Å². The van der Waals surface area contributed by atoms with Gasteiger partial charge in [-0.15, -0.1) is 0 Å². The molecule has 4 aromatic carbocycles. The maximum atomic E-state index is 14.0. The van der Waals surface area contributed by atoms with Gasteiger partial charge in [0.2, 0.25) is 11.8 Å². The van der Waals surface area contributed by atoms with Crippen LogP contribution >= 0.6 is 0 Å². The smallest absolute Gasteiger partial charge is 0.330 e. The van der Waals surface area contributed by atoms with Crippen LogP contribution < -0.4 is 31.2 Å². The van der Waals surface area contributed by atoms with Crippen molar-refractivity contribution in [1.29, 1.82) is 5.41 Å². The van der Waals surface area contributed by atoms with E-state index in [0.29, 0.717) is 22.6 Å². The number of aliphatic carboxylic acids is 1. The number of carbonyl (C=O) groups excluding carboxylic acids is 2. The topological polar surface area (TPSA) is 176 Å².